The minimum Gasteiger partial charge on any atom is -0.371 e. The first-order valence-electron chi connectivity index (χ1n) is 7.47. The fourth-order valence-electron chi connectivity index (χ4n) is 2.71. The highest BCUT2D eigenvalue weighted by molar-refractivity contribution is 5.52. The molecule has 1 aliphatic heterocycles. The molecule has 21 heavy (non-hydrogen) atoms. The van der Waals surface area contributed by atoms with E-state index in [2.05, 4.69) is 17.2 Å². The Morgan fingerprint density at radius 3 is 2.67 bits per heavy atom. The standard InChI is InChI=1S/C15H22F3N3/c1-2-6-19-10-12-11-20-7-3-14(12)21-8-4-13(5-9-21)15(16,17)18/h3,7,11,13,19H,2,4-6,8-10H2,1H3. The molecule has 1 fully saturated rings. The molecule has 2 heterocycles. The van der Waals surface area contributed by atoms with Crippen LogP contribution in [0.15, 0.2) is 18.5 Å². The fraction of sp³-hybridized carbons (Fsp3) is 0.667. The van der Waals surface area contributed by atoms with Crippen molar-refractivity contribution in [1.82, 2.24) is 10.3 Å². The van der Waals surface area contributed by atoms with Crippen molar-refractivity contribution in [2.45, 2.75) is 38.9 Å². The molecule has 0 atom stereocenters. The van der Waals surface area contributed by atoms with Gasteiger partial charge in [0.2, 0.25) is 0 Å². The van der Waals surface area contributed by atoms with Crippen molar-refractivity contribution in [3.05, 3.63) is 24.0 Å². The zero-order chi connectivity index (χ0) is 15.3. The molecule has 1 aromatic rings. The molecule has 2 rings (SSSR count). The SMILES string of the molecule is CCCNCc1cnccc1N1CCC(C(F)(F)F)CC1. The Labute approximate surface area is 123 Å². The van der Waals surface area contributed by atoms with Gasteiger partial charge in [-0.15, -0.1) is 0 Å². The second-order valence-corrected chi connectivity index (χ2v) is 5.48. The molecule has 1 aromatic heterocycles. The van der Waals surface area contributed by atoms with E-state index in [-0.39, 0.29) is 12.8 Å². The van der Waals surface area contributed by atoms with Crippen molar-refractivity contribution in [2.24, 2.45) is 5.92 Å². The Balaban J connectivity index is 1.99. The molecule has 1 saturated heterocycles. The number of alkyl halides is 3. The maximum absolute atomic E-state index is 12.7. The maximum atomic E-state index is 12.7. The van der Waals surface area contributed by atoms with E-state index in [1.54, 1.807) is 12.4 Å². The molecule has 0 spiro atoms. The topological polar surface area (TPSA) is 28.2 Å². The molecule has 0 aromatic carbocycles. The highest BCUT2D eigenvalue weighted by Gasteiger charge is 2.41. The molecule has 0 bridgehead atoms. The number of hydrogen-bond donors (Lipinski definition) is 1. The van der Waals surface area contributed by atoms with Gasteiger partial charge < -0.3 is 10.2 Å². The molecule has 6 heteroatoms. The van der Waals surface area contributed by atoms with Gasteiger partial charge in [0, 0.05) is 43.3 Å². The third kappa shape index (κ3) is 4.33. The minimum absolute atomic E-state index is 0.174. The van der Waals surface area contributed by atoms with Crippen LogP contribution in [0.5, 0.6) is 0 Å². The molecule has 0 aliphatic carbocycles. The summed E-state index contributed by atoms with van der Waals surface area (Å²) in [6.45, 7) is 4.63. The monoisotopic (exact) mass is 301 g/mol. The number of aromatic nitrogens is 1. The van der Waals surface area contributed by atoms with E-state index in [1.807, 2.05) is 11.0 Å². The lowest BCUT2D eigenvalue weighted by Gasteiger charge is -2.35. The highest BCUT2D eigenvalue weighted by Crippen LogP contribution is 2.35. The van der Waals surface area contributed by atoms with Gasteiger partial charge in [0.25, 0.3) is 0 Å². The number of hydrogen-bond acceptors (Lipinski definition) is 3. The first-order valence-corrected chi connectivity index (χ1v) is 7.47. The van der Waals surface area contributed by atoms with E-state index in [0.29, 0.717) is 19.6 Å². The van der Waals surface area contributed by atoms with E-state index in [9.17, 15) is 13.2 Å². The summed E-state index contributed by atoms with van der Waals surface area (Å²) in [5, 5.41) is 3.32. The quantitative estimate of drug-likeness (QED) is 0.845. The largest absolute Gasteiger partial charge is 0.391 e. The molecule has 1 N–H and O–H groups in total. The van der Waals surface area contributed by atoms with Gasteiger partial charge in [-0.05, 0) is 31.9 Å². The second kappa shape index (κ2) is 7.11. The summed E-state index contributed by atoms with van der Waals surface area (Å²) >= 11 is 0. The average Bonchev–Trinajstić information content (AvgIpc) is 2.47. The molecular weight excluding hydrogens is 279 g/mol. The molecule has 0 amide bonds. The summed E-state index contributed by atoms with van der Waals surface area (Å²) < 4.78 is 38.2. The molecular formula is C15H22F3N3. The molecule has 0 saturated carbocycles. The van der Waals surface area contributed by atoms with Crippen LogP contribution in [0.1, 0.15) is 31.7 Å². The number of rotatable bonds is 5. The predicted octanol–water partition coefficient (Wildman–Crippen LogP) is 3.36. The third-order valence-corrected chi connectivity index (χ3v) is 3.92. The number of anilines is 1. The van der Waals surface area contributed by atoms with Crippen LogP contribution in [-0.4, -0.2) is 30.8 Å². The van der Waals surface area contributed by atoms with E-state index < -0.39 is 12.1 Å². The van der Waals surface area contributed by atoms with Gasteiger partial charge in [-0.25, -0.2) is 0 Å². The van der Waals surface area contributed by atoms with Gasteiger partial charge in [0.05, 0.1) is 5.92 Å². The maximum Gasteiger partial charge on any atom is 0.391 e. The molecule has 0 unspecified atom stereocenters. The predicted molar refractivity (Wildman–Crippen MR) is 77.2 cm³/mol. The first kappa shape index (κ1) is 16.1. The Hall–Kier alpha value is -1.30. The molecule has 118 valence electrons. The van der Waals surface area contributed by atoms with Gasteiger partial charge in [-0.2, -0.15) is 13.2 Å². The van der Waals surface area contributed by atoms with Crippen molar-refractivity contribution < 1.29 is 13.2 Å². The van der Waals surface area contributed by atoms with Gasteiger partial charge in [0.1, 0.15) is 0 Å². The Kier molecular flexibility index (Phi) is 5.45. The van der Waals surface area contributed by atoms with Crippen molar-refractivity contribution in [1.29, 1.82) is 0 Å². The zero-order valence-corrected chi connectivity index (χ0v) is 12.3. The lowest BCUT2D eigenvalue weighted by molar-refractivity contribution is -0.179. The Morgan fingerprint density at radius 2 is 2.05 bits per heavy atom. The van der Waals surface area contributed by atoms with Gasteiger partial charge >= 0.3 is 6.18 Å². The van der Waals surface area contributed by atoms with E-state index in [1.165, 1.54) is 0 Å². The van der Waals surface area contributed by atoms with Crippen LogP contribution in [0, 0.1) is 5.92 Å². The Morgan fingerprint density at radius 1 is 1.33 bits per heavy atom. The van der Waals surface area contributed by atoms with Crippen LogP contribution in [0.4, 0.5) is 18.9 Å². The van der Waals surface area contributed by atoms with E-state index in [4.69, 9.17) is 0 Å². The summed E-state index contributed by atoms with van der Waals surface area (Å²) in [6, 6.07) is 1.90. The number of nitrogens with one attached hydrogen (secondary N) is 1. The average molecular weight is 301 g/mol. The van der Waals surface area contributed by atoms with Gasteiger partial charge in [-0.1, -0.05) is 6.92 Å². The minimum atomic E-state index is -4.06. The van der Waals surface area contributed by atoms with Crippen LogP contribution in [0.25, 0.3) is 0 Å². The lowest BCUT2D eigenvalue weighted by Crippen LogP contribution is -2.39. The van der Waals surface area contributed by atoms with Crippen LogP contribution < -0.4 is 10.2 Å². The van der Waals surface area contributed by atoms with Crippen LogP contribution in [0.2, 0.25) is 0 Å². The second-order valence-electron chi connectivity index (χ2n) is 5.48. The lowest BCUT2D eigenvalue weighted by atomic mass is 9.95. The van der Waals surface area contributed by atoms with Crippen molar-refractivity contribution in [2.75, 3.05) is 24.5 Å². The van der Waals surface area contributed by atoms with E-state index >= 15 is 0 Å². The van der Waals surface area contributed by atoms with E-state index in [0.717, 1.165) is 24.2 Å². The normalized spacial score (nSPS) is 17.2. The van der Waals surface area contributed by atoms with Crippen LogP contribution in [-0.2, 0) is 6.54 Å². The van der Waals surface area contributed by atoms with Crippen LogP contribution >= 0.6 is 0 Å². The molecule has 1 aliphatic rings. The molecule has 3 nitrogen and oxygen atoms in total. The summed E-state index contributed by atoms with van der Waals surface area (Å²) in [7, 11) is 0. The van der Waals surface area contributed by atoms with Gasteiger partial charge in [0.15, 0.2) is 0 Å². The Bertz CT molecular complexity index is 440. The summed E-state index contributed by atoms with van der Waals surface area (Å²) in [4.78, 5) is 6.17. The zero-order valence-electron chi connectivity index (χ0n) is 12.3. The highest BCUT2D eigenvalue weighted by atomic mass is 19.4. The fourth-order valence-corrected chi connectivity index (χ4v) is 2.71. The third-order valence-electron chi connectivity index (χ3n) is 3.92. The molecule has 0 radical (unpaired) electrons. The number of pyridine rings is 1. The van der Waals surface area contributed by atoms with Crippen molar-refractivity contribution in [3.63, 3.8) is 0 Å². The summed E-state index contributed by atoms with van der Waals surface area (Å²) in [6.07, 6.45) is 0.839. The summed E-state index contributed by atoms with van der Waals surface area (Å²) in [5.74, 6) is -1.16. The first-order chi connectivity index (χ1) is 10.0. The number of nitrogens with zero attached hydrogens (tertiary/aromatic N) is 2. The van der Waals surface area contributed by atoms with Crippen molar-refractivity contribution in [3.8, 4) is 0 Å². The van der Waals surface area contributed by atoms with Gasteiger partial charge in [-0.3, -0.25) is 4.98 Å². The summed E-state index contributed by atoms with van der Waals surface area (Å²) in [5.41, 5.74) is 2.06. The van der Waals surface area contributed by atoms with Crippen molar-refractivity contribution >= 4 is 5.69 Å². The van der Waals surface area contributed by atoms with Crippen LogP contribution in [0.3, 0.4) is 0 Å². The smallest absolute Gasteiger partial charge is 0.371 e. The number of halogens is 3. The number of piperidine rings is 1.